The zero-order valence-corrected chi connectivity index (χ0v) is 23.6. The number of alkyl halides is 3. The molecule has 0 radical (unpaired) electrons. The van der Waals surface area contributed by atoms with Crippen molar-refractivity contribution in [3.63, 3.8) is 0 Å². The van der Waals surface area contributed by atoms with Gasteiger partial charge in [0.15, 0.2) is 0 Å². The van der Waals surface area contributed by atoms with E-state index in [1.165, 1.54) is 28.8 Å². The summed E-state index contributed by atoms with van der Waals surface area (Å²) in [7, 11) is 0. The fourth-order valence-corrected chi connectivity index (χ4v) is 5.73. The van der Waals surface area contributed by atoms with Gasteiger partial charge in [-0.25, -0.2) is 0 Å². The smallest absolute Gasteiger partial charge is 0.416 e. The largest absolute Gasteiger partial charge is 0.494 e. The number of halogens is 3. The van der Waals surface area contributed by atoms with E-state index < -0.39 is 11.7 Å². The predicted molar refractivity (Wildman–Crippen MR) is 158 cm³/mol. The van der Waals surface area contributed by atoms with Crippen LogP contribution >= 0.6 is 0 Å². The van der Waals surface area contributed by atoms with Crippen LogP contribution in [-0.2, 0) is 17.5 Å². The summed E-state index contributed by atoms with van der Waals surface area (Å²) >= 11 is 0. The summed E-state index contributed by atoms with van der Waals surface area (Å²) in [5.74, 6) is 0.951. The molecule has 0 saturated heterocycles. The third-order valence-corrected chi connectivity index (χ3v) is 8.19. The summed E-state index contributed by atoms with van der Waals surface area (Å²) < 4.78 is 47.2. The lowest BCUT2D eigenvalue weighted by Gasteiger charge is -2.30. The molecule has 0 bridgehead atoms. The standard InChI is InChI=1S/C35H37F3N2O/c1-26-29(15-9-16-33(26)35(36,37)38)24-40(21-10-22-41-31-17-19-34(2)30(23-31)18-20-39-34)25-32(27-11-5-3-6-12-27)28-13-7-4-8-14-28/h3-9,11-18,20,23,32,39H,10,19,21-22,24-25H2,1-2H3. The number of ether oxygens (including phenoxy) is 1. The van der Waals surface area contributed by atoms with E-state index in [2.05, 4.69) is 59.6 Å². The number of hydrogen-bond acceptors (Lipinski definition) is 3. The minimum absolute atomic E-state index is 0.0592. The lowest BCUT2D eigenvalue weighted by Crippen LogP contribution is -2.37. The molecule has 5 rings (SSSR count). The Bertz CT molecular complexity index is 1370. The van der Waals surface area contributed by atoms with Crippen LogP contribution in [0.3, 0.4) is 0 Å². The van der Waals surface area contributed by atoms with E-state index in [0.717, 1.165) is 18.6 Å². The summed E-state index contributed by atoms with van der Waals surface area (Å²) in [6.45, 7) is 6.07. The SMILES string of the molecule is Cc1c(CN(CCCOC2=CCC3(C)NC=CC3=C2)CC(c2ccccc2)c2ccccc2)cccc1C(F)(F)F. The molecule has 1 heterocycles. The Morgan fingerprint density at radius 3 is 2.29 bits per heavy atom. The van der Waals surface area contributed by atoms with Crippen LogP contribution in [0.2, 0.25) is 0 Å². The van der Waals surface area contributed by atoms with Gasteiger partial charge in [0.1, 0.15) is 5.76 Å². The summed E-state index contributed by atoms with van der Waals surface area (Å²) in [6, 6.07) is 25.1. The van der Waals surface area contributed by atoms with Crippen LogP contribution in [0.5, 0.6) is 0 Å². The molecule has 41 heavy (non-hydrogen) atoms. The molecule has 0 saturated carbocycles. The normalized spacial score (nSPS) is 18.2. The lowest BCUT2D eigenvalue weighted by molar-refractivity contribution is -0.138. The molecule has 1 unspecified atom stereocenters. The molecule has 3 aromatic carbocycles. The van der Waals surface area contributed by atoms with Gasteiger partial charge >= 0.3 is 6.18 Å². The van der Waals surface area contributed by atoms with Gasteiger partial charge in [0, 0.05) is 25.6 Å². The Hall–Kier alpha value is -3.77. The van der Waals surface area contributed by atoms with Crippen molar-refractivity contribution in [1.29, 1.82) is 0 Å². The quantitative estimate of drug-likeness (QED) is 0.241. The van der Waals surface area contributed by atoms with Crippen LogP contribution in [-0.4, -0.2) is 30.1 Å². The first-order valence-electron chi connectivity index (χ1n) is 14.2. The number of fused-ring (bicyclic) bond motifs is 1. The average Bonchev–Trinajstić information content (AvgIpc) is 3.35. The molecular weight excluding hydrogens is 521 g/mol. The third kappa shape index (κ3) is 6.94. The second-order valence-corrected chi connectivity index (χ2v) is 11.1. The number of hydrogen-bond donors (Lipinski definition) is 1. The van der Waals surface area contributed by atoms with Gasteiger partial charge in [-0.05, 0) is 85.0 Å². The average molecular weight is 559 g/mol. The van der Waals surface area contributed by atoms with Crippen LogP contribution in [0.1, 0.15) is 53.5 Å². The number of rotatable bonds is 11. The highest BCUT2D eigenvalue weighted by Gasteiger charge is 2.33. The van der Waals surface area contributed by atoms with E-state index in [1.807, 2.05) is 48.7 Å². The maximum Gasteiger partial charge on any atom is 0.416 e. The molecule has 6 heteroatoms. The summed E-state index contributed by atoms with van der Waals surface area (Å²) in [5.41, 5.74) is 3.93. The van der Waals surface area contributed by atoms with E-state index in [-0.39, 0.29) is 17.0 Å². The lowest BCUT2D eigenvalue weighted by atomic mass is 9.86. The Morgan fingerprint density at radius 2 is 1.63 bits per heavy atom. The van der Waals surface area contributed by atoms with Crippen molar-refractivity contribution in [1.82, 2.24) is 10.2 Å². The molecule has 0 aromatic heterocycles. The first-order valence-corrected chi connectivity index (χ1v) is 14.2. The molecule has 0 amide bonds. The second kappa shape index (κ2) is 12.4. The molecule has 3 nitrogen and oxygen atoms in total. The third-order valence-electron chi connectivity index (χ3n) is 8.19. The summed E-state index contributed by atoms with van der Waals surface area (Å²) in [5, 5.41) is 3.40. The second-order valence-electron chi connectivity index (χ2n) is 11.1. The molecule has 1 atom stereocenters. The van der Waals surface area contributed by atoms with E-state index >= 15 is 0 Å². The number of nitrogens with one attached hydrogen (secondary N) is 1. The van der Waals surface area contributed by atoms with E-state index in [4.69, 9.17) is 4.74 Å². The molecule has 0 spiro atoms. The van der Waals surface area contributed by atoms with Crippen LogP contribution in [0.25, 0.3) is 0 Å². The van der Waals surface area contributed by atoms with Crippen molar-refractivity contribution >= 4 is 0 Å². The van der Waals surface area contributed by atoms with Crippen LogP contribution in [0.4, 0.5) is 13.2 Å². The van der Waals surface area contributed by atoms with Gasteiger partial charge in [0.25, 0.3) is 0 Å². The molecule has 2 aliphatic rings. The van der Waals surface area contributed by atoms with Crippen molar-refractivity contribution in [2.75, 3.05) is 19.7 Å². The first-order chi connectivity index (χ1) is 19.7. The monoisotopic (exact) mass is 558 g/mol. The molecule has 3 aromatic rings. The number of nitrogens with zero attached hydrogens (tertiary/aromatic N) is 1. The van der Waals surface area contributed by atoms with E-state index in [1.54, 1.807) is 6.92 Å². The number of benzene rings is 3. The minimum Gasteiger partial charge on any atom is -0.494 e. The van der Waals surface area contributed by atoms with Gasteiger partial charge in [0.05, 0.1) is 17.7 Å². The molecular formula is C35H37F3N2O. The van der Waals surface area contributed by atoms with Crippen molar-refractivity contribution in [3.05, 3.63) is 142 Å². The van der Waals surface area contributed by atoms with Gasteiger partial charge in [-0.3, -0.25) is 4.90 Å². The Labute approximate surface area is 241 Å². The molecule has 0 fully saturated rings. The Morgan fingerprint density at radius 1 is 0.951 bits per heavy atom. The first kappa shape index (κ1) is 28.7. The highest BCUT2D eigenvalue weighted by molar-refractivity contribution is 5.44. The van der Waals surface area contributed by atoms with Gasteiger partial charge in [-0.1, -0.05) is 72.8 Å². The van der Waals surface area contributed by atoms with Crippen molar-refractivity contribution in [2.45, 2.75) is 50.9 Å². The maximum absolute atomic E-state index is 13.7. The van der Waals surface area contributed by atoms with Gasteiger partial charge in [0.2, 0.25) is 0 Å². The highest BCUT2D eigenvalue weighted by Crippen LogP contribution is 2.35. The van der Waals surface area contributed by atoms with Crippen LogP contribution < -0.4 is 5.32 Å². The van der Waals surface area contributed by atoms with E-state index in [9.17, 15) is 13.2 Å². The topological polar surface area (TPSA) is 24.5 Å². The van der Waals surface area contributed by atoms with E-state index in [0.29, 0.717) is 31.8 Å². The fourth-order valence-electron chi connectivity index (χ4n) is 5.73. The van der Waals surface area contributed by atoms with Crippen LogP contribution in [0, 0.1) is 6.92 Å². The maximum atomic E-state index is 13.7. The van der Waals surface area contributed by atoms with Gasteiger partial charge < -0.3 is 10.1 Å². The molecule has 1 aliphatic heterocycles. The molecule has 214 valence electrons. The van der Waals surface area contributed by atoms with Crippen molar-refractivity contribution in [2.24, 2.45) is 0 Å². The highest BCUT2D eigenvalue weighted by atomic mass is 19.4. The number of allylic oxidation sites excluding steroid dienone is 1. The van der Waals surface area contributed by atoms with Crippen molar-refractivity contribution in [3.8, 4) is 0 Å². The molecule has 1 N–H and O–H groups in total. The fraction of sp³-hybridized carbons (Fsp3) is 0.314. The zero-order chi connectivity index (χ0) is 28.9. The summed E-state index contributed by atoms with van der Waals surface area (Å²) in [4.78, 5) is 2.27. The predicted octanol–water partition coefficient (Wildman–Crippen LogP) is 8.14. The van der Waals surface area contributed by atoms with Gasteiger partial charge in [-0.2, -0.15) is 13.2 Å². The Balaban J connectivity index is 1.34. The van der Waals surface area contributed by atoms with Crippen LogP contribution in [0.15, 0.2) is 115 Å². The van der Waals surface area contributed by atoms with Crippen molar-refractivity contribution < 1.29 is 17.9 Å². The summed E-state index contributed by atoms with van der Waals surface area (Å²) in [6.07, 6.45) is 5.50. The minimum atomic E-state index is -4.38. The molecule has 1 aliphatic carbocycles. The Kier molecular flexibility index (Phi) is 8.69. The van der Waals surface area contributed by atoms with Gasteiger partial charge in [-0.15, -0.1) is 0 Å². The zero-order valence-electron chi connectivity index (χ0n) is 23.6.